The SMILES string of the molecule is CC[C@@H]1CN(C(=O)c2c(C)noc2C)[C@H](CO)[C@@H]1CN1CCN(C)CC1. The van der Waals surface area contributed by atoms with Crippen LogP contribution >= 0.6 is 0 Å². The number of aryl methyl sites for hydroxylation is 2. The van der Waals surface area contributed by atoms with Gasteiger partial charge < -0.3 is 24.3 Å². The molecule has 26 heavy (non-hydrogen) atoms. The van der Waals surface area contributed by atoms with Crippen LogP contribution in [0.4, 0.5) is 0 Å². The largest absolute Gasteiger partial charge is 0.394 e. The Hall–Kier alpha value is -1.44. The Morgan fingerprint density at radius 1 is 1.27 bits per heavy atom. The zero-order valence-corrected chi connectivity index (χ0v) is 16.4. The molecule has 0 aliphatic carbocycles. The van der Waals surface area contributed by atoms with Crippen molar-refractivity contribution in [2.24, 2.45) is 11.8 Å². The summed E-state index contributed by atoms with van der Waals surface area (Å²) in [5.41, 5.74) is 1.18. The van der Waals surface area contributed by atoms with Crippen molar-refractivity contribution in [3.05, 3.63) is 17.0 Å². The van der Waals surface area contributed by atoms with Crippen molar-refractivity contribution < 1.29 is 14.4 Å². The summed E-state index contributed by atoms with van der Waals surface area (Å²) in [6.45, 7) is 11.7. The summed E-state index contributed by atoms with van der Waals surface area (Å²) >= 11 is 0. The van der Waals surface area contributed by atoms with Gasteiger partial charge in [0, 0.05) is 39.3 Å². The third kappa shape index (κ3) is 3.66. The van der Waals surface area contributed by atoms with Gasteiger partial charge in [0.2, 0.25) is 0 Å². The third-order valence-corrected chi connectivity index (χ3v) is 6.22. The van der Waals surface area contributed by atoms with Crippen molar-refractivity contribution in [2.45, 2.75) is 33.2 Å². The zero-order chi connectivity index (χ0) is 18.8. The summed E-state index contributed by atoms with van der Waals surface area (Å²) in [4.78, 5) is 19.9. The van der Waals surface area contributed by atoms with E-state index < -0.39 is 0 Å². The van der Waals surface area contributed by atoms with Gasteiger partial charge in [0.1, 0.15) is 11.3 Å². The lowest BCUT2D eigenvalue weighted by atomic mass is 9.88. The molecular weight excluding hydrogens is 332 g/mol. The summed E-state index contributed by atoms with van der Waals surface area (Å²) in [5, 5.41) is 14.0. The molecule has 0 unspecified atom stereocenters. The number of amides is 1. The average molecular weight is 364 g/mol. The van der Waals surface area contributed by atoms with E-state index in [-0.39, 0.29) is 18.6 Å². The number of piperazine rings is 1. The van der Waals surface area contributed by atoms with Gasteiger partial charge >= 0.3 is 0 Å². The summed E-state index contributed by atoms with van der Waals surface area (Å²) in [5.74, 6) is 1.22. The van der Waals surface area contributed by atoms with Crippen LogP contribution in [0.3, 0.4) is 0 Å². The highest BCUT2D eigenvalue weighted by molar-refractivity contribution is 5.96. The molecule has 0 bridgehead atoms. The highest BCUT2D eigenvalue weighted by Gasteiger charge is 2.44. The minimum absolute atomic E-state index is 0.00399. The van der Waals surface area contributed by atoms with Crippen LogP contribution in [-0.2, 0) is 0 Å². The molecule has 0 radical (unpaired) electrons. The van der Waals surface area contributed by atoms with Crippen molar-refractivity contribution in [2.75, 3.05) is 52.9 Å². The van der Waals surface area contributed by atoms with Crippen LogP contribution in [-0.4, -0.2) is 89.8 Å². The number of aliphatic hydroxyl groups is 1. The van der Waals surface area contributed by atoms with E-state index in [0.29, 0.717) is 35.4 Å². The molecular formula is C19H32N4O3. The number of hydrogen-bond acceptors (Lipinski definition) is 6. The first-order valence-electron chi connectivity index (χ1n) is 9.71. The molecule has 2 aliphatic rings. The molecule has 0 spiro atoms. The van der Waals surface area contributed by atoms with Crippen molar-refractivity contribution in [3.8, 4) is 0 Å². The first-order chi connectivity index (χ1) is 12.5. The van der Waals surface area contributed by atoms with E-state index in [4.69, 9.17) is 4.52 Å². The Morgan fingerprint density at radius 2 is 1.96 bits per heavy atom. The van der Waals surface area contributed by atoms with E-state index in [9.17, 15) is 9.90 Å². The first-order valence-corrected chi connectivity index (χ1v) is 9.71. The van der Waals surface area contributed by atoms with Crippen LogP contribution < -0.4 is 0 Å². The maximum absolute atomic E-state index is 13.2. The van der Waals surface area contributed by atoms with Crippen LogP contribution in [0.1, 0.15) is 35.2 Å². The number of likely N-dealkylation sites (tertiary alicyclic amines) is 1. The Labute approximate surface area is 155 Å². The summed E-state index contributed by atoms with van der Waals surface area (Å²) in [6.07, 6.45) is 1.01. The molecule has 2 saturated heterocycles. The Kier molecular flexibility index (Phi) is 5.99. The quantitative estimate of drug-likeness (QED) is 0.840. The second-order valence-corrected chi connectivity index (χ2v) is 7.84. The number of carbonyl (C=O) groups is 1. The monoisotopic (exact) mass is 364 g/mol. The molecule has 146 valence electrons. The molecule has 1 amide bonds. The highest BCUT2D eigenvalue weighted by atomic mass is 16.5. The van der Waals surface area contributed by atoms with Crippen LogP contribution in [0.25, 0.3) is 0 Å². The molecule has 1 aromatic rings. The number of hydrogen-bond donors (Lipinski definition) is 1. The van der Waals surface area contributed by atoms with Crippen LogP contribution in [0.15, 0.2) is 4.52 Å². The van der Waals surface area contributed by atoms with Gasteiger partial charge in [0.25, 0.3) is 5.91 Å². The van der Waals surface area contributed by atoms with Crippen molar-refractivity contribution in [1.82, 2.24) is 19.9 Å². The van der Waals surface area contributed by atoms with Gasteiger partial charge in [-0.1, -0.05) is 18.5 Å². The van der Waals surface area contributed by atoms with Crippen molar-refractivity contribution in [1.29, 1.82) is 0 Å². The second-order valence-electron chi connectivity index (χ2n) is 7.84. The summed E-state index contributed by atoms with van der Waals surface area (Å²) < 4.78 is 5.18. The number of rotatable bonds is 5. The smallest absolute Gasteiger partial charge is 0.259 e. The maximum atomic E-state index is 13.2. The number of likely N-dealkylation sites (N-methyl/N-ethyl adjacent to an activating group) is 1. The Morgan fingerprint density at radius 3 is 2.50 bits per heavy atom. The zero-order valence-electron chi connectivity index (χ0n) is 16.4. The normalized spacial score (nSPS) is 28.0. The maximum Gasteiger partial charge on any atom is 0.259 e. The van der Waals surface area contributed by atoms with Gasteiger partial charge in [-0.05, 0) is 32.7 Å². The molecule has 0 saturated carbocycles. The van der Waals surface area contributed by atoms with E-state index in [1.807, 2.05) is 4.90 Å². The van der Waals surface area contributed by atoms with Crippen molar-refractivity contribution >= 4 is 5.91 Å². The lowest BCUT2D eigenvalue weighted by molar-refractivity contribution is 0.0589. The molecule has 3 atom stereocenters. The molecule has 1 aromatic heterocycles. The van der Waals surface area contributed by atoms with Gasteiger partial charge in [-0.3, -0.25) is 4.79 Å². The Bertz CT molecular complexity index is 605. The van der Waals surface area contributed by atoms with Gasteiger partial charge in [0.05, 0.1) is 18.3 Å². The molecule has 7 heteroatoms. The van der Waals surface area contributed by atoms with Gasteiger partial charge in [-0.25, -0.2) is 0 Å². The fourth-order valence-corrected chi connectivity index (χ4v) is 4.50. The second kappa shape index (κ2) is 8.06. The topological polar surface area (TPSA) is 73.0 Å². The lowest BCUT2D eigenvalue weighted by Gasteiger charge is -2.36. The molecule has 3 rings (SSSR count). The number of aliphatic hydroxyl groups excluding tert-OH is 1. The van der Waals surface area contributed by atoms with E-state index in [1.54, 1.807) is 13.8 Å². The molecule has 7 nitrogen and oxygen atoms in total. The van der Waals surface area contributed by atoms with Crippen LogP contribution in [0.5, 0.6) is 0 Å². The van der Waals surface area contributed by atoms with Gasteiger partial charge in [-0.15, -0.1) is 0 Å². The minimum Gasteiger partial charge on any atom is -0.394 e. The number of aromatic nitrogens is 1. The number of carbonyl (C=O) groups excluding carboxylic acids is 1. The first kappa shape index (κ1) is 19.3. The van der Waals surface area contributed by atoms with E-state index in [0.717, 1.165) is 39.1 Å². The summed E-state index contributed by atoms with van der Waals surface area (Å²) in [6, 6.07) is -0.138. The summed E-state index contributed by atoms with van der Waals surface area (Å²) in [7, 11) is 2.16. The predicted octanol–water partition coefficient (Wildman–Crippen LogP) is 0.998. The van der Waals surface area contributed by atoms with Crippen LogP contribution in [0, 0.1) is 25.7 Å². The highest BCUT2D eigenvalue weighted by Crippen LogP contribution is 2.34. The third-order valence-electron chi connectivity index (χ3n) is 6.22. The standard InChI is InChI=1S/C19H32N4O3/c1-5-15-10-23(19(25)18-13(2)20-26-14(18)3)17(12-24)16(15)11-22-8-6-21(4)7-9-22/h15-17,24H,5-12H2,1-4H3/t15-,16-,17-/m1/s1. The predicted molar refractivity (Wildman–Crippen MR) is 99.1 cm³/mol. The van der Waals surface area contributed by atoms with E-state index >= 15 is 0 Å². The van der Waals surface area contributed by atoms with E-state index in [1.165, 1.54) is 0 Å². The fourth-order valence-electron chi connectivity index (χ4n) is 4.50. The fraction of sp³-hybridized carbons (Fsp3) is 0.789. The molecule has 2 fully saturated rings. The van der Waals surface area contributed by atoms with Crippen LogP contribution in [0.2, 0.25) is 0 Å². The molecule has 0 aromatic carbocycles. The molecule has 1 N–H and O–H groups in total. The van der Waals surface area contributed by atoms with E-state index in [2.05, 4.69) is 28.9 Å². The molecule has 3 heterocycles. The average Bonchev–Trinajstić information content (AvgIpc) is 3.16. The Balaban J connectivity index is 1.77. The van der Waals surface area contributed by atoms with Crippen molar-refractivity contribution in [3.63, 3.8) is 0 Å². The van der Waals surface area contributed by atoms with Gasteiger partial charge in [-0.2, -0.15) is 0 Å². The number of nitrogens with zero attached hydrogens (tertiary/aromatic N) is 4. The minimum atomic E-state index is -0.138. The van der Waals surface area contributed by atoms with Gasteiger partial charge in [0.15, 0.2) is 0 Å². The molecule has 2 aliphatic heterocycles. The lowest BCUT2D eigenvalue weighted by Crippen LogP contribution is -2.49.